The molecule has 2 N–H and O–H groups in total. The minimum atomic E-state index is -4.64. The van der Waals surface area contributed by atoms with Gasteiger partial charge < -0.3 is 4.52 Å². The summed E-state index contributed by atoms with van der Waals surface area (Å²) in [5.74, 6) is -3.75. The van der Waals surface area contributed by atoms with E-state index in [1.807, 2.05) is 0 Å². The number of benzene rings is 2. The molecule has 136 valence electrons. The Morgan fingerprint density at radius 3 is 2.08 bits per heavy atom. The second-order valence-electron chi connectivity index (χ2n) is 5.28. The van der Waals surface area contributed by atoms with Crippen LogP contribution in [0, 0.1) is 17.5 Å². The molecule has 0 aliphatic heterocycles. The molecule has 26 heavy (non-hydrogen) atoms. The van der Waals surface area contributed by atoms with Gasteiger partial charge >= 0.3 is 0 Å². The lowest BCUT2D eigenvalue weighted by Gasteiger charge is -2.08. The van der Waals surface area contributed by atoms with Crippen molar-refractivity contribution in [3.05, 3.63) is 59.6 Å². The van der Waals surface area contributed by atoms with E-state index < -0.39 is 39.0 Å². The number of aromatic nitrogens is 1. The molecule has 2 aromatic carbocycles. The normalized spacial score (nSPS) is 11.7. The van der Waals surface area contributed by atoms with Crippen molar-refractivity contribution in [1.29, 1.82) is 0 Å². The van der Waals surface area contributed by atoms with Crippen molar-refractivity contribution in [1.82, 2.24) is 5.16 Å². The summed E-state index contributed by atoms with van der Waals surface area (Å²) >= 11 is 0. The fourth-order valence-corrected chi connectivity index (χ4v) is 3.16. The average Bonchev–Trinajstić information content (AvgIpc) is 2.97. The van der Waals surface area contributed by atoms with Crippen LogP contribution in [-0.2, 0) is 16.7 Å². The Bertz CT molecular complexity index is 1060. The molecule has 0 bridgehead atoms. The molecule has 0 saturated heterocycles. The van der Waals surface area contributed by atoms with Crippen LogP contribution in [0.3, 0.4) is 0 Å². The van der Waals surface area contributed by atoms with Crippen molar-refractivity contribution in [3.8, 4) is 22.4 Å². The fourth-order valence-electron chi connectivity index (χ4n) is 2.49. The monoisotopic (exact) mass is 386 g/mol. The van der Waals surface area contributed by atoms with Crippen LogP contribution in [0.2, 0.25) is 0 Å². The number of nitrogens with two attached hydrogens (primary N) is 1. The number of hydrogen-bond donors (Lipinski definition) is 1. The molecule has 0 amide bonds. The summed E-state index contributed by atoms with van der Waals surface area (Å²) < 4.78 is 82.0. The van der Waals surface area contributed by atoms with Crippen LogP contribution in [0.5, 0.6) is 0 Å². The number of nitrogens with zero attached hydrogens (tertiary/aromatic N) is 1. The molecule has 0 atom stereocenters. The van der Waals surface area contributed by atoms with E-state index in [9.17, 15) is 26.0 Å². The molecule has 3 rings (SSSR count). The van der Waals surface area contributed by atoms with Gasteiger partial charge in [0, 0.05) is 5.56 Å². The van der Waals surface area contributed by atoms with Gasteiger partial charge in [0.15, 0.2) is 17.3 Å². The SMILES string of the molecule is NS(=O)(=O)c1c(F)cc(-c2c(-c3ccc(F)cc3)noc2CF)cc1F. The summed E-state index contributed by atoms with van der Waals surface area (Å²) in [5, 5.41) is 8.45. The van der Waals surface area contributed by atoms with Gasteiger partial charge in [-0.05, 0) is 42.0 Å². The van der Waals surface area contributed by atoms with E-state index in [2.05, 4.69) is 5.16 Å². The van der Waals surface area contributed by atoms with Crippen LogP contribution in [-0.4, -0.2) is 13.6 Å². The minimum absolute atomic E-state index is 0.0137. The second-order valence-corrected chi connectivity index (χ2v) is 6.78. The lowest BCUT2D eigenvalue weighted by molar-refractivity contribution is 0.332. The van der Waals surface area contributed by atoms with Gasteiger partial charge in [0.25, 0.3) is 0 Å². The Morgan fingerprint density at radius 2 is 1.58 bits per heavy atom. The number of rotatable bonds is 4. The summed E-state index contributed by atoms with van der Waals surface area (Å²) in [7, 11) is -4.64. The topological polar surface area (TPSA) is 86.2 Å². The molecule has 0 aliphatic rings. The quantitative estimate of drug-likeness (QED) is 0.695. The van der Waals surface area contributed by atoms with Crippen molar-refractivity contribution < 1.29 is 30.5 Å². The van der Waals surface area contributed by atoms with E-state index in [4.69, 9.17) is 9.66 Å². The number of primary sulfonamides is 1. The van der Waals surface area contributed by atoms with Crippen LogP contribution in [0.4, 0.5) is 17.6 Å². The highest BCUT2D eigenvalue weighted by atomic mass is 32.2. The van der Waals surface area contributed by atoms with Crippen LogP contribution >= 0.6 is 0 Å². The van der Waals surface area contributed by atoms with Gasteiger partial charge in [-0.3, -0.25) is 0 Å². The van der Waals surface area contributed by atoms with Gasteiger partial charge in [0.05, 0.1) is 5.56 Å². The lowest BCUT2D eigenvalue weighted by Crippen LogP contribution is -2.16. The molecule has 0 aliphatic carbocycles. The Labute approximate surface area is 145 Å². The first-order valence-corrected chi connectivity index (χ1v) is 8.59. The van der Waals surface area contributed by atoms with Crippen molar-refractivity contribution in [3.63, 3.8) is 0 Å². The molecular formula is C16H10F4N2O3S. The van der Waals surface area contributed by atoms with Gasteiger partial charge in [0.1, 0.15) is 23.1 Å². The van der Waals surface area contributed by atoms with E-state index >= 15 is 0 Å². The maximum Gasteiger partial charge on any atom is 0.243 e. The van der Waals surface area contributed by atoms with E-state index in [1.165, 1.54) is 12.1 Å². The summed E-state index contributed by atoms with van der Waals surface area (Å²) in [5.41, 5.74) is 0.0273. The summed E-state index contributed by atoms with van der Waals surface area (Å²) in [6, 6.07) is 6.25. The number of hydrogen-bond acceptors (Lipinski definition) is 4. The summed E-state index contributed by atoms with van der Waals surface area (Å²) in [6.45, 7) is -1.14. The molecule has 0 spiro atoms. The second kappa shape index (κ2) is 6.54. The van der Waals surface area contributed by atoms with Gasteiger partial charge in [-0.15, -0.1) is 0 Å². The van der Waals surface area contributed by atoms with Gasteiger partial charge in [-0.25, -0.2) is 31.1 Å². The van der Waals surface area contributed by atoms with E-state index in [1.54, 1.807) is 0 Å². The first-order chi connectivity index (χ1) is 12.2. The maximum absolute atomic E-state index is 14.1. The third kappa shape index (κ3) is 3.20. The summed E-state index contributed by atoms with van der Waals surface area (Å²) in [4.78, 5) is -1.30. The molecule has 0 radical (unpaired) electrons. The zero-order valence-electron chi connectivity index (χ0n) is 12.8. The molecule has 10 heteroatoms. The van der Waals surface area contributed by atoms with Crippen LogP contribution in [0.25, 0.3) is 22.4 Å². The van der Waals surface area contributed by atoms with E-state index in [0.29, 0.717) is 17.7 Å². The first-order valence-electron chi connectivity index (χ1n) is 7.05. The van der Waals surface area contributed by atoms with Crippen molar-refractivity contribution >= 4 is 10.0 Å². The molecule has 5 nitrogen and oxygen atoms in total. The predicted molar refractivity (Wildman–Crippen MR) is 83.4 cm³/mol. The third-order valence-electron chi connectivity index (χ3n) is 3.57. The van der Waals surface area contributed by atoms with Crippen LogP contribution in [0.1, 0.15) is 5.76 Å². The predicted octanol–water partition coefficient (Wildman–Crippen LogP) is 3.54. The first kappa shape index (κ1) is 18.1. The standard InChI is InChI=1S/C16H10F4N2O3S/c17-7-13-14(15(22-25-13)8-1-3-10(18)4-2-8)9-5-11(19)16(12(20)6-9)26(21,23)24/h1-6H,7H2,(H2,21,23,24). The van der Waals surface area contributed by atoms with Gasteiger partial charge in [-0.2, -0.15) is 0 Å². The highest BCUT2D eigenvalue weighted by Gasteiger charge is 2.25. The smallest absolute Gasteiger partial charge is 0.243 e. The molecule has 3 aromatic rings. The molecule has 0 unspecified atom stereocenters. The van der Waals surface area contributed by atoms with Gasteiger partial charge in [0.2, 0.25) is 10.0 Å². The van der Waals surface area contributed by atoms with Crippen molar-refractivity contribution in [2.75, 3.05) is 0 Å². The Kier molecular flexibility index (Phi) is 4.55. The molecule has 0 saturated carbocycles. The fraction of sp³-hybridized carbons (Fsp3) is 0.0625. The summed E-state index contributed by atoms with van der Waals surface area (Å²) in [6.07, 6.45) is 0. The lowest BCUT2D eigenvalue weighted by atomic mass is 9.99. The Balaban J connectivity index is 2.24. The van der Waals surface area contributed by atoms with Crippen LogP contribution < -0.4 is 5.14 Å². The molecule has 1 heterocycles. The zero-order valence-corrected chi connectivity index (χ0v) is 13.7. The number of sulfonamides is 1. The Morgan fingerprint density at radius 1 is 1.00 bits per heavy atom. The van der Waals surface area contributed by atoms with E-state index in [0.717, 1.165) is 12.1 Å². The van der Waals surface area contributed by atoms with E-state index in [-0.39, 0.29) is 22.6 Å². The largest absolute Gasteiger partial charge is 0.357 e. The maximum atomic E-state index is 14.1. The van der Waals surface area contributed by atoms with Gasteiger partial charge in [-0.1, -0.05) is 5.16 Å². The number of halogens is 4. The average molecular weight is 386 g/mol. The van der Waals surface area contributed by atoms with Crippen molar-refractivity contribution in [2.45, 2.75) is 11.6 Å². The molecular weight excluding hydrogens is 376 g/mol. The number of alkyl halides is 1. The van der Waals surface area contributed by atoms with Crippen LogP contribution in [0.15, 0.2) is 45.8 Å². The molecule has 1 aromatic heterocycles. The third-order valence-corrected chi connectivity index (χ3v) is 4.53. The minimum Gasteiger partial charge on any atom is -0.357 e. The zero-order chi connectivity index (χ0) is 19.1. The highest BCUT2D eigenvalue weighted by molar-refractivity contribution is 7.89. The molecule has 0 fully saturated rings. The van der Waals surface area contributed by atoms with Crippen molar-refractivity contribution in [2.24, 2.45) is 5.14 Å². The Hall–Kier alpha value is -2.72. The highest BCUT2D eigenvalue weighted by Crippen LogP contribution is 2.37.